The van der Waals surface area contributed by atoms with Gasteiger partial charge in [-0.05, 0) is 31.4 Å². The summed E-state index contributed by atoms with van der Waals surface area (Å²) < 4.78 is 1.79. The Morgan fingerprint density at radius 1 is 1.26 bits per heavy atom. The maximum Gasteiger partial charge on any atom is 0.269 e. The molecule has 0 fully saturated rings. The Balaban J connectivity index is 1.95. The van der Waals surface area contributed by atoms with E-state index in [0.29, 0.717) is 5.69 Å². The van der Waals surface area contributed by atoms with Crippen LogP contribution in [0.2, 0.25) is 0 Å². The van der Waals surface area contributed by atoms with Gasteiger partial charge in [-0.15, -0.1) is 21.6 Å². The normalized spacial score (nSPS) is 11.8. The fourth-order valence-corrected chi connectivity index (χ4v) is 3.25. The Morgan fingerprint density at radius 2 is 2.04 bits per heavy atom. The fraction of sp³-hybridized carbons (Fsp3) is 0.235. The first kappa shape index (κ1) is 15.4. The average Bonchev–Trinajstić information content (AvgIpc) is 3.10. The summed E-state index contributed by atoms with van der Waals surface area (Å²) in [5, 5.41) is 21.0. The van der Waals surface area contributed by atoms with Gasteiger partial charge < -0.3 is 9.67 Å². The van der Waals surface area contributed by atoms with Gasteiger partial charge in [0, 0.05) is 16.3 Å². The molecule has 3 aromatic rings. The molecule has 0 unspecified atom stereocenters. The summed E-state index contributed by atoms with van der Waals surface area (Å²) >= 11 is 1.51. The van der Waals surface area contributed by atoms with Gasteiger partial charge in [-0.1, -0.05) is 24.3 Å². The number of nitrogens with zero attached hydrogens (tertiary/aromatic N) is 3. The number of fused-ring (bicyclic) bond motifs is 1. The van der Waals surface area contributed by atoms with Crippen molar-refractivity contribution in [1.82, 2.24) is 4.57 Å². The summed E-state index contributed by atoms with van der Waals surface area (Å²) in [4.78, 5) is 12.9. The van der Waals surface area contributed by atoms with E-state index in [4.69, 9.17) is 0 Å². The number of thiophene rings is 1. The van der Waals surface area contributed by atoms with E-state index in [2.05, 4.69) is 10.2 Å². The molecule has 23 heavy (non-hydrogen) atoms. The molecule has 6 heteroatoms. The van der Waals surface area contributed by atoms with Gasteiger partial charge in [0.25, 0.3) is 5.91 Å². The Bertz CT molecular complexity index is 863. The third-order valence-corrected chi connectivity index (χ3v) is 4.42. The Labute approximate surface area is 137 Å². The maximum atomic E-state index is 11.9. The zero-order chi connectivity index (χ0) is 16.4. The van der Waals surface area contributed by atoms with Gasteiger partial charge in [0.05, 0.1) is 11.9 Å². The molecule has 118 valence electrons. The summed E-state index contributed by atoms with van der Waals surface area (Å²) in [7, 11) is 0. The molecule has 1 aromatic carbocycles. The number of hydrogen-bond donors (Lipinski definition) is 1. The molecule has 0 aliphatic carbocycles. The smallest absolute Gasteiger partial charge is 0.269 e. The van der Waals surface area contributed by atoms with Crippen LogP contribution in [0.15, 0.2) is 52.0 Å². The largest absolute Gasteiger partial charge is 0.493 e. The molecule has 1 amide bonds. The lowest BCUT2D eigenvalue weighted by Gasteiger charge is -2.10. The Morgan fingerprint density at radius 3 is 2.74 bits per heavy atom. The molecule has 0 bridgehead atoms. The maximum absolute atomic E-state index is 11.9. The molecule has 2 aromatic heterocycles. The highest BCUT2D eigenvalue weighted by atomic mass is 32.1. The van der Waals surface area contributed by atoms with Crippen molar-refractivity contribution in [2.45, 2.75) is 26.3 Å². The van der Waals surface area contributed by atoms with Crippen LogP contribution >= 0.6 is 11.3 Å². The molecule has 3 rings (SSSR count). The minimum absolute atomic E-state index is 0.0360. The van der Waals surface area contributed by atoms with Gasteiger partial charge in [-0.2, -0.15) is 0 Å². The molecule has 0 saturated carbocycles. The Hall–Kier alpha value is -2.47. The van der Waals surface area contributed by atoms with Crippen molar-refractivity contribution >= 4 is 33.8 Å². The van der Waals surface area contributed by atoms with E-state index in [9.17, 15) is 9.90 Å². The number of carbonyl (C=O) groups excluding carboxylic acids is 1. The number of amides is 1. The lowest BCUT2D eigenvalue weighted by Crippen LogP contribution is -1.98. The van der Waals surface area contributed by atoms with Crippen LogP contribution in [0.4, 0.5) is 5.69 Å². The first-order valence-corrected chi connectivity index (χ1v) is 8.24. The van der Waals surface area contributed by atoms with Gasteiger partial charge in [0.1, 0.15) is 0 Å². The lowest BCUT2D eigenvalue weighted by atomic mass is 10.2. The van der Waals surface area contributed by atoms with E-state index in [-0.39, 0.29) is 24.2 Å². The van der Waals surface area contributed by atoms with Crippen molar-refractivity contribution in [3.8, 4) is 5.88 Å². The summed E-state index contributed by atoms with van der Waals surface area (Å²) in [6.07, 6.45) is 0.227. The van der Waals surface area contributed by atoms with E-state index in [1.54, 1.807) is 4.57 Å². The van der Waals surface area contributed by atoms with Crippen molar-refractivity contribution < 1.29 is 9.90 Å². The molecule has 0 radical (unpaired) electrons. The van der Waals surface area contributed by atoms with Crippen LogP contribution in [0.25, 0.3) is 10.9 Å². The summed E-state index contributed by atoms with van der Waals surface area (Å²) in [6, 6.07) is 11.4. The van der Waals surface area contributed by atoms with Crippen LogP contribution in [-0.4, -0.2) is 15.6 Å². The van der Waals surface area contributed by atoms with E-state index in [0.717, 1.165) is 15.8 Å². The molecular weight excluding hydrogens is 310 g/mol. The van der Waals surface area contributed by atoms with Crippen LogP contribution in [0.5, 0.6) is 5.88 Å². The molecule has 0 spiro atoms. The summed E-state index contributed by atoms with van der Waals surface area (Å²) in [6.45, 7) is 3.96. The second kappa shape index (κ2) is 6.34. The van der Waals surface area contributed by atoms with Crippen LogP contribution in [0.3, 0.4) is 0 Å². The third-order valence-electron chi connectivity index (χ3n) is 3.54. The number of hydrogen-bond acceptors (Lipinski definition) is 4. The second-order valence-electron chi connectivity index (χ2n) is 5.50. The van der Waals surface area contributed by atoms with Gasteiger partial charge in [-0.3, -0.25) is 4.79 Å². The number of aromatic hydroxyl groups is 1. The van der Waals surface area contributed by atoms with Gasteiger partial charge in [0.2, 0.25) is 5.88 Å². The number of para-hydroxylation sites is 1. The van der Waals surface area contributed by atoms with E-state index in [1.165, 1.54) is 11.3 Å². The zero-order valence-electron chi connectivity index (χ0n) is 12.9. The van der Waals surface area contributed by atoms with Crippen molar-refractivity contribution in [2.75, 3.05) is 0 Å². The minimum atomic E-state index is -0.326. The molecule has 0 aliphatic heterocycles. The molecule has 0 atom stereocenters. The quantitative estimate of drug-likeness (QED) is 0.697. The highest BCUT2D eigenvalue weighted by Crippen LogP contribution is 2.40. The average molecular weight is 327 g/mol. The van der Waals surface area contributed by atoms with Crippen molar-refractivity contribution in [1.29, 1.82) is 0 Å². The summed E-state index contributed by atoms with van der Waals surface area (Å²) in [5.41, 5.74) is 1.22. The van der Waals surface area contributed by atoms with Crippen molar-refractivity contribution in [3.63, 3.8) is 0 Å². The zero-order valence-corrected chi connectivity index (χ0v) is 13.7. The number of azo groups is 1. The monoisotopic (exact) mass is 327 g/mol. The first-order valence-electron chi connectivity index (χ1n) is 7.36. The number of aromatic nitrogens is 1. The van der Waals surface area contributed by atoms with Crippen LogP contribution in [0, 0.1) is 0 Å². The van der Waals surface area contributed by atoms with E-state index in [1.807, 2.05) is 55.6 Å². The molecule has 0 saturated heterocycles. The van der Waals surface area contributed by atoms with Crippen LogP contribution < -0.4 is 0 Å². The standard InChI is InChI=1S/C17H17N3O2S/c1-11(2)20-14-8-4-3-7-13(14)16(17(20)22)19-18-15(21)10-12-6-5-9-23-12/h3-9,11,22H,10H2,1-2H3. The van der Waals surface area contributed by atoms with Gasteiger partial charge in [-0.25, -0.2) is 0 Å². The second-order valence-corrected chi connectivity index (χ2v) is 6.54. The van der Waals surface area contributed by atoms with Crippen LogP contribution in [0.1, 0.15) is 24.8 Å². The number of benzene rings is 1. The molecule has 0 aliphatic rings. The molecule has 1 N–H and O–H groups in total. The van der Waals surface area contributed by atoms with Crippen molar-refractivity contribution in [2.24, 2.45) is 10.2 Å². The molecule has 5 nitrogen and oxygen atoms in total. The fourth-order valence-electron chi connectivity index (χ4n) is 2.56. The van der Waals surface area contributed by atoms with Gasteiger partial charge >= 0.3 is 0 Å². The van der Waals surface area contributed by atoms with E-state index < -0.39 is 0 Å². The minimum Gasteiger partial charge on any atom is -0.493 e. The summed E-state index contributed by atoms with van der Waals surface area (Å²) in [5.74, 6) is -0.290. The Kier molecular flexibility index (Phi) is 4.25. The number of rotatable bonds is 4. The van der Waals surface area contributed by atoms with Gasteiger partial charge in [0.15, 0.2) is 5.69 Å². The first-order chi connectivity index (χ1) is 11.1. The van der Waals surface area contributed by atoms with Crippen LogP contribution in [-0.2, 0) is 11.2 Å². The van der Waals surface area contributed by atoms with E-state index >= 15 is 0 Å². The predicted molar refractivity (Wildman–Crippen MR) is 91.5 cm³/mol. The lowest BCUT2D eigenvalue weighted by molar-refractivity contribution is -0.117. The SMILES string of the molecule is CC(C)n1c(O)c(N=NC(=O)Cc2cccs2)c2ccccc21. The highest BCUT2D eigenvalue weighted by molar-refractivity contribution is 7.10. The highest BCUT2D eigenvalue weighted by Gasteiger charge is 2.18. The molecule has 2 heterocycles. The third kappa shape index (κ3) is 3.03. The molecular formula is C17H17N3O2S. The predicted octanol–water partition coefficient (Wildman–Crippen LogP) is 4.84. The topological polar surface area (TPSA) is 66.9 Å². The number of carbonyl (C=O) groups is 1. The van der Waals surface area contributed by atoms with Crippen molar-refractivity contribution in [3.05, 3.63) is 46.7 Å².